The minimum absolute atomic E-state index is 0.0523. The quantitative estimate of drug-likeness (QED) is 0.561. The number of nitrogens with zero attached hydrogens (tertiary/aromatic N) is 1. The third-order valence-corrected chi connectivity index (χ3v) is 4.41. The summed E-state index contributed by atoms with van der Waals surface area (Å²) in [5.74, 6) is 0.0180. The molecule has 1 aromatic carbocycles. The predicted octanol–water partition coefficient (Wildman–Crippen LogP) is 3.33. The second-order valence-electron chi connectivity index (χ2n) is 6.08. The van der Waals surface area contributed by atoms with Crippen molar-refractivity contribution in [3.05, 3.63) is 33.4 Å². The van der Waals surface area contributed by atoms with Crippen LogP contribution in [0.15, 0.2) is 24.3 Å². The first-order valence-electron chi connectivity index (χ1n) is 6.39. The number of hydrogen-bond donors (Lipinski definition) is 0. The van der Waals surface area contributed by atoms with E-state index in [-0.39, 0.29) is 23.1 Å². The van der Waals surface area contributed by atoms with Gasteiger partial charge in [-0.25, -0.2) is 0 Å². The van der Waals surface area contributed by atoms with Crippen LogP contribution < -0.4 is 0 Å². The molecule has 0 aliphatic carbocycles. The Morgan fingerprint density at radius 2 is 1.84 bits per heavy atom. The average molecular weight is 371 g/mol. The van der Waals surface area contributed by atoms with Crippen LogP contribution in [0.25, 0.3) is 0 Å². The van der Waals surface area contributed by atoms with Gasteiger partial charge in [0.25, 0.3) is 5.91 Å². The van der Waals surface area contributed by atoms with Crippen LogP contribution in [0.4, 0.5) is 0 Å². The van der Waals surface area contributed by atoms with Crippen LogP contribution in [-0.2, 0) is 4.79 Å². The first kappa shape index (κ1) is 14.5. The maximum absolute atomic E-state index is 12.3. The maximum Gasteiger partial charge on any atom is 0.260 e. The van der Waals surface area contributed by atoms with Crippen molar-refractivity contribution >= 4 is 34.4 Å². The molecule has 3 nitrogen and oxygen atoms in total. The van der Waals surface area contributed by atoms with E-state index in [4.69, 9.17) is 0 Å². The van der Waals surface area contributed by atoms with Crippen molar-refractivity contribution in [2.75, 3.05) is 6.54 Å². The van der Waals surface area contributed by atoms with E-state index in [9.17, 15) is 9.59 Å². The van der Waals surface area contributed by atoms with E-state index in [1.165, 1.54) is 4.90 Å². The summed E-state index contributed by atoms with van der Waals surface area (Å²) in [5.41, 5.74) is 0.639. The number of rotatable bonds is 1. The number of hydrogen-bond acceptors (Lipinski definition) is 2. The van der Waals surface area contributed by atoms with Crippen LogP contribution >= 0.6 is 22.6 Å². The number of amides is 2. The molecule has 0 N–H and O–H groups in total. The Hall–Kier alpha value is -0.910. The maximum atomic E-state index is 12.3. The highest BCUT2D eigenvalue weighted by Crippen LogP contribution is 2.34. The molecule has 1 heterocycles. The first-order valence-corrected chi connectivity index (χ1v) is 7.47. The first-order chi connectivity index (χ1) is 8.79. The largest absolute Gasteiger partial charge is 0.278 e. The van der Waals surface area contributed by atoms with Gasteiger partial charge in [0, 0.05) is 22.1 Å². The van der Waals surface area contributed by atoms with E-state index >= 15 is 0 Å². The smallest absolute Gasteiger partial charge is 0.260 e. The summed E-state index contributed by atoms with van der Waals surface area (Å²) in [7, 11) is 0. The lowest BCUT2D eigenvalue weighted by Crippen LogP contribution is -2.33. The molecule has 0 spiro atoms. The van der Waals surface area contributed by atoms with Crippen molar-refractivity contribution in [3.63, 3.8) is 0 Å². The van der Waals surface area contributed by atoms with E-state index in [1.54, 1.807) is 12.1 Å². The highest BCUT2D eigenvalue weighted by atomic mass is 127. The Balaban J connectivity index is 2.17. The molecule has 4 heteroatoms. The molecule has 19 heavy (non-hydrogen) atoms. The number of carbonyl (C=O) groups is 2. The van der Waals surface area contributed by atoms with Gasteiger partial charge in [-0.05, 0) is 58.2 Å². The number of imide groups is 1. The molecule has 1 aromatic rings. The number of carbonyl (C=O) groups excluding carboxylic acids is 2. The topological polar surface area (TPSA) is 37.4 Å². The predicted molar refractivity (Wildman–Crippen MR) is 82.8 cm³/mol. The zero-order chi connectivity index (χ0) is 14.2. The summed E-state index contributed by atoms with van der Waals surface area (Å²) in [6.45, 7) is 6.88. The molecule has 1 fully saturated rings. The van der Waals surface area contributed by atoms with Crippen molar-refractivity contribution in [1.82, 2.24) is 4.90 Å². The fourth-order valence-electron chi connectivity index (χ4n) is 2.23. The normalized spacial score (nSPS) is 19.9. The Kier molecular flexibility index (Phi) is 3.99. The van der Waals surface area contributed by atoms with Gasteiger partial charge in [0.15, 0.2) is 0 Å². The van der Waals surface area contributed by atoms with Gasteiger partial charge < -0.3 is 0 Å². The Labute approximate surface area is 127 Å². The second kappa shape index (κ2) is 5.23. The molecule has 102 valence electrons. The Morgan fingerprint density at radius 3 is 2.32 bits per heavy atom. The van der Waals surface area contributed by atoms with Crippen molar-refractivity contribution in [2.45, 2.75) is 27.2 Å². The second-order valence-corrected chi connectivity index (χ2v) is 7.33. The molecule has 0 bridgehead atoms. The van der Waals surface area contributed by atoms with Crippen molar-refractivity contribution in [3.8, 4) is 0 Å². The Bertz CT molecular complexity index is 502. The number of benzene rings is 1. The summed E-state index contributed by atoms with van der Waals surface area (Å²) in [5, 5.41) is 0. The van der Waals surface area contributed by atoms with Gasteiger partial charge in [-0.1, -0.05) is 20.8 Å². The van der Waals surface area contributed by atoms with E-state index < -0.39 is 0 Å². The fourth-order valence-corrected chi connectivity index (χ4v) is 2.59. The van der Waals surface area contributed by atoms with Crippen LogP contribution in [0, 0.1) is 14.9 Å². The molecular formula is C15H18INO2. The van der Waals surface area contributed by atoms with Crippen LogP contribution in [-0.4, -0.2) is 23.3 Å². The number of likely N-dealkylation sites (tertiary alicyclic amines) is 1. The van der Waals surface area contributed by atoms with E-state index in [2.05, 4.69) is 43.4 Å². The number of halogens is 1. The summed E-state index contributed by atoms with van der Waals surface area (Å²) in [4.78, 5) is 25.8. The van der Waals surface area contributed by atoms with Gasteiger partial charge in [0.05, 0.1) is 0 Å². The molecule has 2 rings (SSSR count). The van der Waals surface area contributed by atoms with E-state index in [1.807, 2.05) is 12.1 Å². The lowest BCUT2D eigenvalue weighted by Gasteiger charge is -2.26. The third-order valence-electron chi connectivity index (χ3n) is 3.69. The molecule has 0 radical (unpaired) electrons. The molecule has 2 amide bonds. The van der Waals surface area contributed by atoms with Gasteiger partial charge in [-0.3, -0.25) is 14.5 Å². The van der Waals surface area contributed by atoms with Crippen LogP contribution in [0.1, 0.15) is 37.6 Å². The van der Waals surface area contributed by atoms with Crippen LogP contribution in [0.5, 0.6) is 0 Å². The average Bonchev–Trinajstić information content (AvgIpc) is 2.71. The standard InChI is InChI=1S/C15H18INO2/c1-15(2,3)11-8-13(18)17(9-11)14(19)10-4-6-12(16)7-5-10/h4-7,11H,8-9H2,1-3H3. The van der Waals surface area contributed by atoms with Gasteiger partial charge in [0.1, 0.15) is 0 Å². The SMILES string of the molecule is CC(C)(C)C1CC(=O)N(C(=O)c2ccc(I)cc2)C1. The highest BCUT2D eigenvalue weighted by Gasteiger charge is 2.39. The molecular weight excluding hydrogens is 353 g/mol. The minimum Gasteiger partial charge on any atom is -0.278 e. The summed E-state index contributed by atoms with van der Waals surface area (Å²) in [6, 6.07) is 7.33. The molecule has 0 saturated carbocycles. The molecule has 1 atom stereocenters. The molecule has 1 saturated heterocycles. The lowest BCUT2D eigenvalue weighted by molar-refractivity contribution is -0.125. The van der Waals surface area contributed by atoms with Gasteiger partial charge in [0.2, 0.25) is 5.91 Å². The van der Waals surface area contributed by atoms with Gasteiger partial charge in [-0.15, -0.1) is 0 Å². The zero-order valence-electron chi connectivity index (χ0n) is 11.4. The highest BCUT2D eigenvalue weighted by molar-refractivity contribution is 14.1. The van der Waals surface area contributed by atoms with Gasteiger partial charge in [-0.2, -0.15) is 0 Å². The van der Waals surface area contributed by atoms with Crippen molar-refractivity contribution in [2.24, 2.45) is 11.3 Å². The van der Waals surface area contributed by atoms with Crippen molar-refractivity contribution in [1.29, 1.82) is 0 Å². The lowest BCUT2D eigenvalue weighted by atomic mass is 9.80. The van der Waals surface area contributed by atoms with Crippen LogP contribution in [0.2, 0.25) is 0 Å². The van der Waals surface area contributed by atoms with E-state index in [0.717, 1.165) is 3.57 Å². The van der Waals surface area contributed by atoms with Crippen LogP contribution in [0.3, 0.4) is 0 Å². The molecule has 1 aliphatic rings. The zero-order valence-corrected chi connectivity index (χ0v) is 13.6. The third kappa shape index (κ3) is 3.16. The Morgan fingerprint density at radius 1 is 1.26 bits per heavy atom. The summed E-state index contributed by atoms with van der Waals surface area (Å²) in [6.07, 6.45) is 0.472. The summed E-state index contributed by atoms with van der Waals surface area (Å²) >= 11 is 2.19. The molecule has 1 aliphatic heterocycles. The molecule has 1 unspecified atom stereocenters. The van der Waals surface area contributed by atoms with Gasteiger partial charge >= 0.3 is 0 Å². The van der Waals surface area contributed by atoms with Crippen molar-refractivity contribution < 1.29 is 9.59 Å². The fraction of sp³-hybridized carbons (Fsp3) is 0.467. The molecule has 0 aromatic heterocycles. The van der Waals surface area contributed by atoms with E-state index in [0.29, 0.717) is 18.5 Å². The minimum atomic E-state index is -0.173. The monoisotopic (exact) mass is 371 g/mol. The summed E-state index contributed by atoms with van der Waals surface area (Å²) < 4.78 is 1.08.